The quantitative estimate of drug-likeness (QED) is 0.319. The summed E-state index contributed by atoms with van der Waals surface area (Å²) in [7, 11) is 3.28. The van der Waals surface area contributed by atoms with E-state index in [0.717, 1.165) is 45.3 Å². The number of benzene rings is 2. The molecule has 0 bridgehead atoms. The summed E-state index contributed by atoms with van der Waals surface area (Å²) in [5.41, 5.74) is 3.37. The third kappa shape index (κ3) is 9.04. The molecule has 1 heterocycles. The Labute approximate surface area is 246 Å². The molecule has 2 aliphatic rings. The number of ether oxygens (including phenoxy) is 3. The maximum Gasteiger partial charge on any atom is 0.254 e. The summed E-state index contributed by atoms with van der Waals surface area (Å²) in [6.45, 7) is 12.3. The third-order valence-corrected chi connectivity index (χ3v) is 8.34. The third-order valence-electron chi connectivity index (χ3n) is 8.34. The standard InChI is InChI=1S/C22H36N2O4.C12H14O/c1-6-17-13-23-14-19(17)15-24(16(2)3)22(25)18-8-9-20(27-5)21(12-18)28-11-7-10-26-4;1-2-12(13)11-7-9-5-3-4-6-10(9)8-11/h8-9,12,16-17,19,23H,6-7,10-11,13-15H2,1-5H3;3-6,11H,2,7-8H2,1H3/t17?,19-;/m0./s1. The van der Waals surface area contributed by atoms with Crippen LogP contribution in [0.15, 0.2) is 42.5 Å². The van der Waals surface area contributed by atoms with Crippen LogP contribution in [0.5, 0.6) is 11.5 Å². The Morgan fingerprint density at radius 1 is 0.951 bits per heavy atom. The van der Waals surface area contributed by atoms with Crippen molar-refractivity contribution in [3.05, 3.63) is 59.2 Å². The van der Waals surface area contributed by atoms with Gasteiger partial charge in [-0.1, -0.05) is 44.5 Å². The molecule has 0 spiro atoms. The molecule has 1 amide bonds. The molecule has 2 atom stereocenters. The molecular formula is C34H50N2O5. The van der Waals surface area contributed by atoms with Crippen LogP contribution in [0.4, 0.5) is 0 Å². The van der Waals surface area contributed by atoms with Crippen LogP contribution in [0.25, 0.3) is 0 Å². The molecule has 7 nitrogen and oxygen atoms in total. The second-order valence-corrected chi connectivity index (χ2v) is 11.4. The molecule has 4 rings (SSSR count). The molecule has 0 radical (unpaired) electrons. The van der Waals surface area contributed by atoms with E-state index in [4.69, 9.17) is 14.2 Å². The molecule has 2 aromatic rings. The first kappa shape index (κ1) is 32.6. The van der Waals surface area contributed by atoms with E-state index in [1.165, 1.54) is 11.1 Å². The number of nitrogens with one attached hydrogen (secondary N) is 1. The zero-order chi connectivity index (χ0) is 29.8. The first-order chi connectivity index (χ1) is 19.8. The van der Waals surface area contributed by atoms with E-state index >= 15 is 0 Å². The average Bonchev–Trinajstić information content (AvgIpc) is 3.64. The number of hydrogen-bond acceptors (Lipinski definition) is 6. The van der Waals surface area contributed by atoms with E-state index in [1.807, 2.05) is 24.0 Å². The minimum absolute atomic E-state index is 0.0427. The summed E-state index contributed by atoms with van der Waals surface area (Å²) in [6, 6.07) is 13.9. The van der Waals surface area contributed by atoms with Crippen molar-refractivity contribution < 1.29 is 23.8 Å². The normalized spacial score (nSPS) is 18.0. The fraction of sp³-hybridized carbons (Fsp3) is 0.588. The van der Waals surface area contributed by atoms with Gasteiger partial charge in [-0.05, 0) is 80.9 Å². The predicted octanol–water partition coefficient (Wildman–Crippen LogP) is 5.59. The number of carbonyl (C=O) groups excluding carboxylic acids is 2. The lowest BCUT2D eigenvalue weighted by Crippen LogP contribution is -2.42. The Morgan fingerprint density at radius 3 is 2.22 bits per heavy atom. The fourth-order valence-electron chi connectivity index (χ4n) is 5.81. The first-order valence-corrected chi connectivity index (χ1v) is 15.2. The Bertz CT molecular complexity index is 1090. The van der Waals surface area contributed by atoms with Crippen LogP contribution in [0, 0.1) is 17.8 Å². The minimum Gasteiger partial charge on any atom is -0.493 e. The van der Waals surface area contributed by atoms with Crippen LogP contribution in [0.3, 0.4) is 0 Å². The Hall–Kier alpha value is -2.90. The van der Waals surface area contributed by atoms with Crippen LogP contribution >= 0.6 is 0 Å². The Balaban J connectivity index is 0.000000294. The highest BCUT2D eigenvalue weighted by atomic mass is 16.5. The smallest absolute Gasteiger partial charge is 0.254 e. The number of rotatable bonds is 13. The van der Waals surface area contributed by atoms with E-state index in [1.54, 1.807) is 20.3 Å². The molecule has 0 aromatic heterocycles. The summed E-state index contributed by atoms with van der Waals surface area (Å²) in [5.74, 6) is 3.09. The summed E-state index contributed by atoms with van der Waals surface area (Å²) in [6.07, 6.45) is 4.52. The lowest BCUT2D eigenvalue weighted by molar-refractivity contribution is -0.122. The van der Waals surface area contributed by atoms with E-state index in [-0.39, 0.29) is 17.9 Å². The number of methoxy groups -OCH3 is 2. The average molecular weight is 567 g/mol. The van der Waals surface area contributed by atoms with Gasteiger partial charge in [0.1, 0.15) is 5.78 Å². The van der Waals surface area contributed by atoms with Crippen LogP contribution in [-0.4, -0.2) is 69.7 Å². The highest BCUT2D eigenvalue weighted by Crippen LogP contribution is 2.30. The van der Waals surface area contributed by atoms with Gasteiger partial charge in [-0.15, -0.1) is 0 Å². The molecule has 7 heteroatoms. The highest BCUT2D eigenvalue weighted by Gasteiger charge is 2.31. The molecule has 1 N–H and O–H groups in total. The number of fused-ring (bicyclic) bond motifs is 1. The Morgan fingerprint density at radius 2 is 1.63 bits per heavy atom. The van der Waals surface area contributed by atoms with Crippen molar-refractivity contribution in [2.24, 2.45) is 17.8 Å². The molecule has 1 saturated heterocycles. The van der Waals surface area contributed by atoms with E-state index in [2.05, 4.69) is 50.4 Å². The molecule has 2 aromatic carbocycles. The van der Waals surface area contributed by atoms with Crippen LogP contribution in [-0.2, 0) is 22.4 Å². The SMILES string of the molecule is CCC(=O)C1Cc2ccccc2C1.CCC1CNC[C@H]1CN(C(=O)c1ccc(OC)c(OCCCOC)c1)C(C)C. The highest BCUT2D eigenvalue weighted by molar-refractivity contribution is 5.95. The molecule has 226 valence electrons. The summed E-state index contributed by atoms with van der Waals surface area (Å²) < 4.78 is 16.3. The lowest BCUT2D eigenvalue weighted by Gasteiger charge is -2.31. The van der Waals surface area contributed by atoms with Crippen molar-refractivity contribution in [3.8, 4) is 11.5 Å². The van der Waals surface area contributed by atoms with Gasteiger partial charge in [-0.25, -0.2) is 0 Å². The minimum atomic E-state index is 0.0427. The lowest BCUT2D eigenvalue weighted by atomic mass is 9.92. The predicted molar refractivity (Wildman–Crippen MR) is 164 cm³/mol. The second kappa shape index (κ2) is 16.5. The van der Waals surface area contributed by atoms with Crippen LogP contribution in [0.1, 0.15) is 68.4 Å². The summed E-state index contributed by atoms with van der Waals surface area (Å²) >= 11 is 0. The van der Waals surface area contributed by atoms with Crippen molar-refractivity contribution >= 4 is 11.7 Å². The molecule has 0 saturated carbocycles. The number of amides is 1. The monoisotopic (exact) mass is 566 g/mol. The zero-order valence-electron chi connectivity index (χ0n) is 25.9. The van der Waals surface area contributed by atoms with Crippen LogP contribution in [0.2, 0.25) is 0 Å². The van der Waals surface area contributed by atoms with Crippen molar-refractivity contribution in [2.45, 2.75) is 65.8 Å². The maximum atomic E-state index is 13.3. The van der Waals surface area contributed by atoms with Gasteiger partial charge < -0.3 is 24.4 Å². The molecule has 1 aliphatic carbocycles. The largest absolute Gasteiger partial charge is 0.493 e. The number of Topliss-reactive ketones (excluding diaryl/α,β-unsaturated/α-hetero) is 1. The molecule has 1 aliphatic heterocycles. The van der Waals surface area contributed by atoms with Gasteiger partial charge in [0.05, 0.1) is 13.7 Å². The van der Waals surface area contributed by atoms with Gasteiger partial charge in [0, 0.05) is 50.6 Å². The maximum absolute atomic E-state index is 13.3. The van der Waals surface area contributed by atoms with E-state index in [0.29, 0.717) is 54.3 Å². The van der Waals surface area contributed by atoms with Gasteiger partial charge >= 0.3 is 0 Å². The van der Waals surface area contributed by atoms with Gasteiger partial charge in [-0.3, -0.25) is 9.59 Å². The number of nitrogens with zero attached hydrogens (tertiary/aromatic N) is 1. The summed E-state index contributed by atoms with van der Waals surface area (Å²) in [4.78, 5) is 26.8. The van der Waals surface area contributed by atoms with Crippen molar-refractivity contribution in [1.29, 1.82) is 0 Å². The van der Waals surface area contributed by atoms with E-state index < -0.39 is 0 Å². The topological polar surface area (TPSA) is 77.1 Å². The number of carbonyl (C=O) groups is 2. The van der Waals surface area contributed by atoms with Gasteiger partial charge in [0.2, 0.25) is 0 Å². The molecule has 1 fully saturated rings. The number of ketones is 1. The molecular weight excluding hydrogens is 516 g/mol. The van der Waals surface area contributed by atoms with Crippen LogP contribution < -0.4 is 14.8 Å². The van der Waals surface area contributed by atoms with Gasteiger partial charge in [0.25, 0.3) is 5.91 Å². The zero-order valence-corrected chi connectivity index (χ0v) is 25.9. The second-order valence-electron chi connectivity index (χ2n) is 11.4. The van der Waals surface area contributed by atoms with E-state index in [9.17, 15) is 9.59 Å². The molecule has 41 heavy (non-hydrogen) atoms. The van der Waals surface area contributed by atoms with Crippen molar-refractivity contribution in [3.63, 3.8) is 0 Å². The molecule has 1 unspecified atom stereocenters. The van der Waals surface area contributed by atoms with Gasteiger partial charge in [-0.2, -0.15) is 0 Å². The van der Waals surface area contributed by atoms with Crippen molar-refractivity contribution in [1.82, 2.24) is 10.2 Å². The fourth-order valence-corrected chi connectivity index (χ4v) is 5.81. The van der Waals surface area contributed by atoms with Crippen molar-refractivity contribution in [2.75, 3.05) is 47.1 Å². The number of hydrogen-bond donors (Lipinski definition) is 1. The first-order valence-electron chi connectivity index (χ1n) is 15.2. The van der Waals surface area contributed by atoms with Gasteiger partial charge in [0.15, 0.2) is 11.5 Å². The Kier molecular flexibility index (Phi) is 13.1. The summed E-state index contributed by atoms with van der Waals surface area (Å²) in [5, 5.41) is 3.47.